The van der Waals surface area contributed by atoms with Crippen LogP contribution >= 0.6 is 0 Å². The van der Waals surface area contributed by atoms with Crippen molar-refractivity contribution in [3.8, 4) is 0 Å². The standard InChI is InChI=1S/C12H15N3O3/c1-7-4-10(7)15-12(18)14-6-8-2-3-9(11(16)17)13-5-8/h2-3,5,7,10H,4,6H2,1H3,(H,16,17)(H2,14,15,18). The van der Waals surface area contributed by atoms with E-state index in [0.29, 0.717) is 12.5 Å². The maximum absolute atomic E-state index is 11.5. The van der Waals surface area contributed by atoms with E-state index in [0.717, 1.165) is 12.0 Å². The van der Waals surface area contributed by atoms with Gasteiger partial charge in [-0.05, 0) is 24.0 Å². The summed E-state index contributed by atoms with van der Waals surface area (Å²) in [5.74, 6) is -0.498. The molecule has 1 aliphatic carbocycles. The Kier molecular flexibility index (Phi) is 3.45. The summed E-state index contributed by atoms with van der Waals surface area (Å²) in [5.41, 5.74) is 0.758. The van der Waals surface area contributed by atoms with Crippen LogP contribution in [0.2, 0.25) is 0 Å². The number of carboxylic acid groups (broad SMARTS) is 1. The number of pyridine rings is 1. The van der Waals surface area contributed by atoms with Crippen LogP contribution in [0.5, 0.6) is 0 Å². The first kappa shape index (κ1) is 12.3. The fourth-order valence-corrected chi connectivity index (χ4v) is 1.58. The van der Waals surface area contributed by atoms with Crippen LogP contribution in [0, 0.1) is 5.92 Å². The number of carboxylic acids is 1. The number of hydrogen-bond donors (Lipinski definition) is 3. The van der Waals surface area contributed by atoms with Crippen LogP contribution in [-0.4, -0.2) is 28.1 Å². The number of carbonyl (C=O) groups is 2. The second-order valence-corrected chi connectivity index (χ2v) is 4.50. The van der Waals surface area contributed by atoms with Gasteiger partial charge in [0.2, 0.25) is 0 Å². The lowest BCUT2D eigenvalue weighted by Gasteiger charge is -2.06. The van der Waals surface area contributed by atoms with Crippen molar-refractivity contribution in [1.29, 1.82) is 0 Å². The fourth-order valence-electron chi connectivity index (χ4n) is 1.58. The Labute approximate surface area is 104 Å². The molecule has 2 unspecified atom stereocenters. The summed E-state index contributed by atoms with van der Waals surface area (Å²) >= 11 is 0. The molecule has 0 saturated heterocycles. The van der Waals surface area contributed by atoms with Crippen molar-refractivity contribution in [2.45, 2.75) is 25.9 Å². The lowest BCUT2D eigenvalue weighted by Crippen LogP contribution is -2.36. The zero-order valence-corrected chi connectivity index (χ0v) is 10.0. The maximum atomic E-state index is 11.5. The highest BCUT2D eigenvalue weighted by molar-refractivity contribution is 5.85. The summed E-state index contributed by atoms with van der Waals surface area (Å²) in [4.78, 5) is 25.8. The molecule has 0 aromatic carbocycles. The van der Waals surface area contributed by atoms with Gasteiger partial charge in [0, 0.05) is 18.8 Å². The molecule has 1 saturated carbocycles. The first-order valence-electron chi connectivity index (χ1n) is 5.79. The second kappa shape index (κ2) is 5.03. The third-order valence-electron chi connectivity index (χ3n) is 2.92. The van der Waals surface area contributed by atoms with Crippen LogP contribution < -0.4 is 10.6 Å². The Bertz CT molecular complexity index is 458. The Balaban J connectivity index is 1.79. The first-order valence-corrected chi connectivity index (χ1v) is 5.79. The van der Waals surface area contributed by atoms with Crippen LogP contribution in [0.4, 0.5) is 4.79 Å². The molecule has 1 fully saturated rings. The van der Waals surface area contributed by atoms with Crippen molar-refractivity contribution in [3.05, 3.63) is 29.6 Å². The summed E-state index contributed by atoms with van der Waals surface area (Å²) in [7, 11) is 0. The number of urea groups is 1. The number of rotatable bonds is 4. The van der Waals surface area contributed by atoms with Gasteiger partial charge >= 0.3 is 12.0 Å². The highest BCUT2D eigenvalue weighted by Crippen LogP contribution is 2.28. The minimum Gasteiger partial charge on any atom is -0.477 e. The minimum atomic E-state index is -1.06. The van der Waals surface area contributed by atoms with Crippen molar-refractivity contribution >= 4 is 12.0 Å². The monoisotopic (exact) mass is 249 g/mol. The quantitative estimate of drug-likeness (QED) is 0.742. The van der Waals surface area contributed by atoms with Crippen molar-refractivity contribution in [2.24, 2.45) is 5.92 Å². The largest absolute Gasteiger partial charge is 0.477 e. The molecule has 2 rings (SSSR count). The number of hydrogen-bond acceptors (Lipinski definition) is 3. The molecular formula is C12H15N3O3. The minimum absolute atomic E-state index is 0.00462. The summed E-state index contributed by atoms with van der Waals surface area (Å²) in [6.45, 7) is 2.42. The second-order valence-electron chi connectivity index (χ2n) is 4.50. The third-order valence-corrected chi connectivity index (χ3v) is 2.92. The molecule has 3 N–H and O–H groups in total. The van der Waals surface area contributed by atoms with Crippen molar-refractivity contribution in [3.63, 3.8) is 0 Å². The van der Waals surface area contributed by atoms with E-state index in [1.165, 1.54) is 12.3 Å². The third kappa shape index (κ3) is 3.19. The van der Waals surface area contributed by atoms with Gasteiger partial charge in [-0.3, -0.25) is 0 Å². The van der Waals surface area contributed by atoms with E-state index >= 15 is 0 Å². The van der Waals surface area contributed by atoms with Crippen LogP contribution in [-0.2, 0) is 6.54 Å². The van der Waals surface area contributed by atoms with E-state index in [2.05, 4.69) is 22.5 Å². The van der Waals surface area contributed by atoms with E-state index in [1.807, 2.05) is 0 Å². The fraction of sp³-hybridized carbons (Fsp3) is 0.417. The van der Waals surface area contributed by atoms with Gasteiger partial charge in [0.05, 0.1) is 0 Å². The highest BCUT2D eigenvalue weighted by atomic mass is 16.4. The van der Waals surface area contributed by atoms with Gasteiger partial charge in [0.1, 0.15) is 5.69 Å². The molecule has 6 heteroatoms. The topological polar surface area (TPSA) is 91.3 Å². The Morgan fingerprint density at radius 3 is 2.72 bits per heavy atom. The zero-order valence-electron chi connectivity index (χ0n) is 10.0. The molecule has 0 spiro atoms. The number of nitrogens with zero attached hydrogens (tertiary/aromatic N) is 1. The average Bonchev–Trinajstić information content (AvgIpc) is 3.02. The number of carbonyl (C=O) groups excluding carboxylic acids is 1. The molecule has 0 bridgehead atoms. The van der Waals surface area contributed by atoms with Crippen molar-refractivity contribution in [2.75, 3.05) is 0 Å². The Hall–Kier alpha value is -2.11. The normalized spacial score (nSPS) is 21.2. The molecular weight excluding hydrogens is 234 g/mol. The van der Waals surface area contributed by atoms with E-state index < -0.39 is 5.97 Å². The Morgan fingerprint density at radius 1 is 1.50 bits per heavy atom. The Morgan fingerprint density at radius 2 is 2.22 bits per heavy atom. The molecule has 1 aromatic rings. The van der Waals surface area contributed by atoms with Gasteiger partial charge in [-0.15, -0.1) is 0 Å². The summed E-state index contributed by atoms with van der Waals surface area (Å²) in [6.07, 6.45) is 2.48. The van der Waals surface area contributed by atoms with Crippen LogP contribution in [0.15, 0.2) is 18.3 Å². The van der Waals surface area contributed by atoms with Crippen molar-refractivity contribution < 1.29 is 14.7 Å². The molecule has 6 nitrogen and oxygen atoms in total. The lowest BCUT2D eigenvalue weighted by molar-refractivity contribution is 0.0690. The van der Waals surface area contributed by atoms with Gasteiger partial charge in [0.15, 0.2) is 0 Å². The van der Waals surface area contributed by atoms with Gasteiger partial charge in [-0.1, -0.05) is 13.0 Å². The molecule has 2 atom stereocenters. The molecule has 2 amide bonds. The predicted molar refractivity (Wildman–Crippen MR) is 64.1 cm³/mol. The summed E-state index contributed by atoms with van der Waals surface area (Å²) in [5, 5.41) is 14.2. The van der Waals surface area contributed by atoms with Gasteiger partial charge < -0.3 is 15.7 Å². The molecule has 1 aromatic heterocycles. The maximum Gasteiger partial charge on any atom is 0.354 e. The number of aromatic carboxylic acids is 1. The van der Waals surface area contributed by atoms with E-state index in [9.17, 15) is 9.59 Å². The number of amides is 2. The molecule has 18 heavy (non-hydrogen) atoms. The van der Waals surface area contributed by atoms with Gasteiger partial charge in [-0.25, -0.2) is 14.6 Å². The van der Waals surface area contributed by atoms with E-state index in [1.54, 1.807) is 6.07 Å². The lowest BCUT2D eigenvalue weighted by atomic mass is 10.2. The van der Waals surface area contributed by atoms with E-state index in [4.69, 9.17) is 5.11 Å². The average molecular weight is 249 g/mol. The molecule has 0 aliphatic heterocycles. The molecule has 1 heterocycles. The zero-order chi connectivity index (χ0) is 13.1. The summed E-state index contributed by atoms with van der Waals surface area (Å²) < 4.78 is 0. The van der Waals surface area contributed by atoms with Crippen LogP contribution in [0.3, 0.4) is 0 Å². The molecule has 96 valence electrons. The van der Waals surface area contributed by atoms with Crippen LogP contribution in [0.1, 0.15) is 29.4 Å². The van der Waals surface area contributed by atoms with Crippen molar-refractivity contribution in [1.82, 2.24) is 15.6 Å². The SMILES string of the molecule is CC1CC1NC(=O)NCc1ccc(C(=O)O)nc1. The first-order chi connectivity index (χ1) is 8.56. The summed E-state index contributed by atoms with van der Waals surface area (Å²) in [6, 6.07) is 3.14. The van der Waals surface area contributed by atoms with Gasteiger partial charge in [-0.2, -0.15) is 0 Å². The highest BCUT2D eigenvalue weighted by Gasteiger charge is 2.33. The van der Waals surface area contributed by atoms with E-state index in [-0.39, 0.29) is 17.8 Å². The predicted octanol–water partition coefficient (Wildman–Crippen LogP) is 0.987. The number of nitrogens with one attached hydrogen (secondary N) is 2. The number of aromatic nitrogens is 1. The molecule has 0 radical (unpaired) electrons. The van der Waals surface area contributed by atoms with Crippen LogP contribution in [0.25, 0.3) is 0 Å². The molecule has 1 aliphatic rings. The smallest absolute Gasteiger partial charge is 0.354 e. The van der Waals surface area contributed by atoms with Gasteiger partial charge in [0.25, 0.3) is 0 Å².